The maximum atomic E-state index is 12.3. The highest BCUT2D eigenvalue weighted by atomic mass is 16.5. The van der Waals surface area contributed by atoms with Gasteiger partial charge in [0.1, 0.15) is 5.75 Å². The van der Waals surface area contributed by atoms with Crippen LogP contribution in [0.3, 0.4) is 0 Å². The average molecular weight is 334 g/mol. The summed E-state index contributed by atoms with van der Waals surface area (Å²) in [7, 11) is 1.68. The summed E-state index contributed by atoms with van der Waals surface area (Å²) in [6.07, 6.45) is 3.83. The minimum atomic E-state index is 0.0737. The van der Waals surface area contributed by atoms with E-state index < -0.39 is 0 Å². The Kier molecular flexibility index (Phi) is 8.05. The molecule has 0 spiro atoms. The summed E-state index contributed by atoms with van der Waals surface area (Å²) in [6, 6.07) is 7.57. The third-order valence-corrected chi connectivity index (χ3v) is 4.53. The maximum absolute atomic E-state index is 12.3. The Bertz CT molecular complexity index is 501. The molecular weight excluding hydrogens is 304 g/mol. The van der Waals surface area contributed by atoms with E-state index in [1.54, 1.807) is 7.11 Å². The molecule has 0 radical (unpaired) electrons. The minimum absolute atomic E-state index is 0.0737. The molecule has 0 saturated carbocycles. The molecule has 1 aromatic carbocycles. The van der Waals surface area contributed by atoms with Crippen LogP contribution in [0.2, 0.25) is 0 Å². The zero-order valence-electron chi connectivity index (χ0n) is 14.8. The predicted molar refractivity (Wildman–Crippen MR) is 96.4 cm³/mol. The van der Waals surface area contributed by atoms with E-state index in [0.29, 0.717) is 31.5 Å². The quantitative estimate of drug-likeness (QED) is 0.682. The van der Waals surface area contributed by atoms with Crippen LogP contribution in [0, 0.1) is 11.8 Å². The monoisotopic (exact) mass is 334 g/mol. The zero-order chi connectivity index (χ0) is 17.2. The van der Waals surface area contributed by atoms with Crippen molar-refractivity contribution in [3.05, 3.63) is 24.3 Å². The van der Waals surface area contributed by atoms with E-state index in [1.165, 1.54) is 12.8 Å². The third-order valence-electron chi connectivity index (χ3n) is 4.53. The molecule has 1 aliphatic rings. The lowest BCUT2D eigenvalue weighted by atomic mass is 9.85. The molecule has 1 fully saturated rings. The fourth-order valence-corrected chi connectivity index (χ4v) is 3.09. The van der Waals surface area contributed by atoms with Crippen molar-refractivity contribution in [3.63, 3.8) is 0 Å². The molecule has 5 heteroatoms. The van der Waals surface area contributed by atoms with Gasteiger partial charge < -0.3 is 20.1 Å². The molecule has 0 aromatic heterocycles. The molecule has 1 aliphatic heterocycles. The first-order valence-corrected chi connectivity index (χ1v) is 8.91. The standard InChI is InChI=1S/C19H30N2O3/c1-15(16-6-4-9-20-14-16)12-19(22)21-17-7-3-8-18(13-17)24-11-5-10-23-2/h3,7-8,13,15-16,20H,4-6,9-12,14H2,1-2H3,(H,21,22). The molecule has 1 heterocycles. The van der Waals surface area contributed by atoms with Crippen LogP contribution in [0.1, 0.15) is 32.6 Å². The summed E-state index contributed by atoms with van der Waals surface area (Å²) in [5.74, 6) is 1.84. The second kappa shape index (κ2) is 10.3. The number of amides is 1. The minimum Gasteiger partial charge on any atom is -0.493 e. The molecule has 1 saturated heterocycles. The number of hydrogen-bond donors (Lipinski definition) is 2. The van der Waals surface area contributed by atoms with E-state index in [2.05, 4.69) is 17.6 Å². The van der Waals surface area contributed by atoms with E-state index in [-0.39, 0.29) is 5.91 Å². The number of piperidine rings is 1. The van der Waals surface area contributed by atoms with Crippen LogP contribution in [-0.4, -0.2) is 39.3 Å². The maximum Gasteiger partial charge on any atom is 0.224 e. The third kappa shape index (κ3) is 6.49. The molecule has 5 nitrogen and oxygen atoms in total. The Morgan fingerprint density at radius 3 is 3.04 bits per heavy atom. The van der Waals surface area contributed by atoms with Gasteiger partial charge in [-0.2, -0.15) is 0 Å². The molecule has 2 N–H and O–H groups in total. The van der Waals surface area contributed by atoms with Crippen LogP contribution >= 0.6 is 0 Å². The molecule has 2 atom stereocenters. The number of carbonyl (C=O) groups excluding carboxylic acids is 1. The number of rotatable bonds is 9. The Morgan fingerprint density at radius 2 is 2.29 bits per heavy atom. The molecule has 1 aromatic rings. The number of anilines is 1. The predicted octanol–water partition coefficient (Wildman–Crippen LogP) is 3.07. The van der Waals surface area contributed by atoms with Gasteiger partial charge in [-0.15, -0.1) is 0 Å². The van der Waals surface area contributed by atoms with E-state index in [0.717, 1.165) is 30.9 Å². The van der Waals surface area contributed by atoms with Gasteiger partial charge in [-0.1, -0.05) is 13.0 Å². The fraction of sp³-hybridized carbons (Fsp3) is 0.632. The van der Waals surface area contributed by atoms with Gasteiger partial charge in [-0.25, -0.2) is 0 Å². The first kappa shape index (κ1) is 18.7. The second-order valence-electron chi connectivity index (χ2n) is 6.56. The lowest BCUT2D eigenvalue weighted by Crippen LogP contribution is -2.34. The van der Waals surface area contributed by atoms with Crippen LogP contribution in [0.4, 0.5) is 5.69 Å². The number of nitrogens with one attached hydrogen (secondary N) is 2. The van der Waals surface area contributed by atoms with Gasteiger partial charge in [-0.3, -0.25) is 4.79 Å². The van der Waals surface area contributed by atoms with Crippen molar-refractivity contribution >= 4 is 11.6 Å². The second-order valence-corrected chi connectivity index (χ2v) is 6.56. The highest BCUT2D eigenvalue weighted by molar-refractivity contribution is 5.91. The van der Waals surface area contributed by atoms with Crippen LogP contribution in [0.5, 0.6) is 5.75 Å². The van der Waals surface area contributed by atoms with Gasteiger partial charge in [0.05, 0.1) is 6.61 Å². The van der Waals surface area contributed by atoms with Gasteiger partial charge in [-0.05, 0) is 49.9 Å². The SMILES string of the molecule is COCCCOc1cccc(NC(=O)CC(C)C2CCCNC2)c1. The fourth-order valence-electron chi connectivity index (χ4n) is 3.09. The normalized spacial score (nSPS) is 18.8. The molecule has 2 rings (SSSR count). The Balaban J connectivity index is 1.78. The summed E-state index contributed by atoms with van der Waals surface area (Å²) in [5.41, 5.74) is 0.790. The molecule has 1 amide bonds. The number of hydrogen-bond acceptors (Lipinski definition) is 4. The summed E-state index contributed by atoms with van der Waals surface area (Å²) in [6.45, 7) is 5.60. The number of carbonyl (C=O) groups is 1. The summed E-state index contributed by atoms with van der Waals surface area (Å²) >= 11 is 0. The van der Waals surface area contributed by atoms with Gasteiger partial charge in [0.25, 0.3) is 0 Å². The van der Waals surface area contributed by atoms with Crippen molar-refractivity contribution in [1.29, 1.82) is 0 Å². The first-order chi connectivity index (χ1) is 11.7. The van der Waals surface area contributed by atoms with Crippen LogP contribution in [0.25, 0.3) is 0 Å². The molecule has 24 heavy (non-hydrogen) atoms. The van der Waals surface area contributed by atoms with Crippen molar-refractivity contribution in [1.82, 2.24) is 5.32 Å². The molecule has 0 bridgehead atoms. The van der Waals surface area contributed by atoms with E-state index in [9.17, 15) is 4.79 Å². The summed E-state index contributed by atoms with van der Waals surface area (Å²) < 4.78 is 10.7. The number of methoxy groups -OCH3 is 1. The molecular formula is C19H30N2O3. The van der Waals surface area contributed by atoms with Crippen molar-refractivity contribution in [3.8, 4) is 5.75 Å². The van der Waals surface area contributed by atoms with Crippen LogP contribution < -0.4 is 15.4 Å². The number of benzene rings is 1. The number of ether oxygens (including phenoxy) is 2. The highest BCUT2D eigenvalue weighted by Gasteiger charge is 2.22. The van der Waals surface area contributed by atoms with Crippen molar-refractivity contribution in [2.75, 3.05) is 38.7 Å². The van der Waals surface area contributed by atoms with Gasteiger partial charge >= 0.3 is 0 Å². The lowest BCUT2D eigenvalue weighted by molar-refractivity contribution is -0.117. The summed E-state index contributed by atoms with van der Waals surface area (Å²) in [5, 5.41) is 6.41. The van der Waals surface area contributed by atoms with Gasteiger partial charge in [0, 0.05) is 38.3 Å². The Morgan fingerprint density at radius 1 is 1.42 bits per heavy atom. The van der Waals surface area contributed by atoms with E-state index >= 15 is 0 Å². The first-order valence-electron chi connectivity index (χ1n) is 8.91. The van der Waals surface area contributed by atoms with Crippen LogP contribution in [-0.2, 0) is 9.53 Å². The van der Waals surface area contributed by atoms with Crippen molar-refractivity contribution in [2.45, 2.75) is 32.6 Å². The topological polar surface area (TPSA) is 59.6 Å². The van der Waals surface area contributed by atoms with Gasteiger partial charge in [0.2, 0.25) is 5.91 Å². The zero-order valence-corrected chi connectivity index (χ0v) is 14.8. The molecule has 0 aliphatic carbocycles. The van der Waals surface area contributed by atoms with Crippen LogP contribution in [0.15, 0.2) is 24.3 Å². The Hall–Kier alpha value is -1.59. The van der Waals surface area contributed by atoms with Crippen molar-refractivity contribution in [2.24, 2.45) is 11.8 Å². The highest BCUT2D eigenvalue weighted by Crippen LogP contribution is 2.23. The lowest BCUT2D eigenvalue weighted by Gasteiger charge is -2.28. The Labute approximate surface area is 145 Å². The van der Waals surface area contributed by atoms with Crippen molar-refractivity contribution < 1.29 is 14.3 Å². The molecule has 2 unspecified atom stereocenters. The largest absolute Gasteiger partial charge is 0.493 e. The van der Waals surface area contributed by atoms with E-state index in [4.69, 9.17) is 9.47 Å². The smallest absolute Gasteiger partial charge is 0.224 e. The average Bonchev–Trinajstić information content (AvgIpc) is 2.60. The summed E-state index contributed by atoms with van der Waals surface area (Å²) in [4.78, 5) is 12.3. The van der Waals surface area contributed by atoms with Gasteiger partial charge in [0.15, 0.2) is 0 Å². The van der Waals surface area contributed by atoms with E-state index in [1.807, 2.05) is 24.3 Å². The molecule has 134 valence electrons.